The Hall–Kier alpha value is -2.35. The first-order chi connectivity index (χ1) is 14.4. The van der Waals surface area contributed by atoms with Crippen molar-refractivity contribution < 1.29 is 9.18 Å². The molecule has 0 radical (unpaired) electrons. The average Bonchev–Trinajstić information content (AvgIpc) is 3.23. The minimum atomic E-state index is -0.539. The number of nitrogens with zero attached hydrogens (tertiary/aromatic N) is 2. The molecule has 2 N–H and O–H groups in total. The number of rotatable bonds is 3. The van der Waals surface area contributed by atoms with Crippen molar-refractivity contribution in [1.82, 2.24) is 19.6 Å². The Labute approximate surface area is 181 Å². The zero-order valence-electron chi connectivity index (χ0n) is 15.9. The van der Waals surface area contributed by atoms with E-state index in [-0.39, 0.29) is 33.2 Å². The number of benzene rings is 1. The van der Waals surface area contributed by atoms with E-state index in [2.05, 4.69) is 10.3 Å². The number of aromatic amines is 1. The number of carbonyl (C=O) groups excluding carboxylic acids is 1. The lowest BCUT2D eigenvalue weighted by Crippen LogP contribution is -2.44. The summed E-state index contributed by atoms with van der Waals surface area (Å²) in [5.41, 5.74) is 1.48. The molecule has 0 aliphatic carbocycles. The van der Waals surface area contributed by atoms with Crippen LogP contribution in [0.5, 0.6) is 0 Å². The van der Waals surface area contributed by atoms with Crippen LogP contribution < -0.4 is 10.9 Å². The van der Waals surface area contributed by atoms with Gasteiger partial charge in [0, 0.05) is 44.0 Å². The van der Waals surface area contributed by atoms with Crippen molar-refractivity contribution in [2.75, 3.05) is 19.6 Å². The topological polar surface area (TPSA) is 69.6 Å². The lowest BCUT2D eigenvalue weighted by atomic mass is 9.98. The fourth-order valence-corrected chi connectivity index (χ4v) is 4.99. The molecule has 2 aliphatic rings. The van der Waals surface area contributed by atoms with Crippen LogP contribution >= 0.6 is 23.2 Å². The van der Waals surface area contributed by atoms with E-state index in [1.165, 1.54) is 12.1 Å². The SMILES string of the molecule is O=C(c1cc(Cc2c[nH]c(=O)c3cc(Cl)c(Cl)n23)ccc1F)N1CC2CNC(C2)C1. The fraction of sp³-hybridized carbons (Fsp3) is 0.333. The lowest BCUT2D eigenvalue weighted by molar-refractivity contribution is 0.0687. The van der Waals surface area contributed by atoms with Crippen molar-refractivity contribution in [3.63, 3.8) is 0 Å². The number of amides is 1. The quantitative estimate of drug-likeness (QED) is 0.646. The van der Waals surface area contributed by atoms with E-state index < -0.39 is 5.82 Å². The van der Waals surface area contributed by atoms with Crippen LogP contribution in [0.4, 0.5) is 4.39 Å². The fourth-order valence-electron chi connectivity index (χ4n) is 4.55. The number of H-pyrrole nitrogens is 1. The normalized spacial score (nSPS) is 20.8. The van der Waals surface area contributed by atoms with Gasteiger partial charge in [0.25, 0.3) is 11.5 Å². The molecule has 0 saturated carbocycles. The molecule has 2 fully saturated rings. The molecule has 2 aliphatic heterocycles. The summed E-state index contributed by atoms with van der Waals surface area (Å²) in [6.07, 6.45) is 2.95. The molecule has 1 amide bonds. The zero-order chi connectivity index (χ0) is 21.0. The van der Waals surface area contributed by atoms with Crippen molar-refractivity contribution in [3.05, 3.63) is 73.6 Å². The molecule has 0 spiro atoms. The second-order valence-corrected chi connectivity index (χ2v) is 8.79. The number of fused-ring (bicyclic) bond motifs is 3. The Morgan fingerprint density at radius 3 is 2.87 bits per heavy atom. The third-order valence-electron chi connectivity index (χ3n) is 5.95. The molecule has 1 aromatic carbocycles. The Morgan fingerprint density at radius 1 is 1.23 bits per heavy atom. The van der Waals surface area contributed by atoms with Gasteiger partial charge in [-0.15, -0.1) is 0 Å². The minimum Gasteiger partial charge on any atom is -0.337 e. The Morgan fingerprint density at radius 2 is 2.07 bits per heavy atom. The molecule has 2 aromatic heterocycles. The van der Waals surface area contributed by atoms with E-state index in [0.29, 0.717) is 36.6 Å². The van der Waals surface area contributed by atoms with E-state index in [0.717, 1.165) is 18.5 Å². The highest BCUT2D eigenvalue weighted by atomic mass is 35.5. The standard InChI is InChI=1S/C21H19Cl2FN4O2/c22-16-6-18-20(29)26-8-14(28(18)19(16)23)4-11-1-2-17(24)15(5-11)21(30)27-9-12-3-13(10-27)25-7-12/h1-2,5-6,8,12-13,25H,3-4,7,9-10H2,(H,26,29). The van der Waals surface area contributed by atoms with E-state index in [9.17, 15) is 14.0 Å². The third kappa shape index (κ3) is 3.31. The van der Waals surface area contributed by atoms with Gasteiger partial charge in [-0.1, -0.05) is 29.3 Å². The van der Waals surface area contributed by atoms with Crippen LogP contribution in [0.25, 0.3) is 5.52 Å². The van der Waals surface area contributed by atoms with E-state index in [1.54, 1.807) is 27.6 Å². The van der Waals surface area contributed by atoms with Crippen LogP contribution in [0.3, 0.4) is 0 Å². The van der Waals surface area contributed by atoms with Crippen molar-refractivity contribution in [1.29, 1.82) is 0 Å². The van der Waals surface area contributed by atoms with Gasteiger partial charge in [0.15, 0.2) is 0 Å². The molecule has 2 saturated heterocycles. The number of hydrogen-bond acceptors (Lipinski definition) is 3. The molecule has 30 heavy (non-hydrogen) atoms. The van der Waals surface area contributed by atoms with Crippen LogP contribution in [0, 0.1) is 11.7 Å². The monoisotopic (exact) mass is 448 g/mol. The number of hydrogen-bond donors (Lipinski definition) is 2. The third-order valence-corrected chi connectivity index (χ3v) is 6.71. The molecule has 4 heterocycles. The van der Waals surface area contributed by atoms with Gasteiger partial charge in [-0.2, -0.15) is 0 Å². The van der Waals surface area contributed by atoms with Gasteiger partial charge in [-0.05, 0) is 36.1 Å². The zero-order valence-corrected chi connectivity index (χ0v) is 17.4. The lowest BCUT2D eigenvalue weighted by Gasteiger charge is -2.31. The molecule has 5 rings (SSSR count). The van der Waals surface area contributed by atoms with Crippen LogP contribution in [-0.2, 0) is 6.42 Å². The maximum absolute atomic E-state index is 14.5. The van der Waals surface area contributed by atoms with E-state index in [1.807, 2.05) is 0 Å². The summed E-state index contributed by atoms with van der Waals surface area (Å²) in [4.78, 5) is 29.5. The maximum Gasteiger partial charge on any atom is 0.272 e. The maximum atomic E-state index is 14.5. The highest BCUT2D eigenvalue weighted by molar-refractivity contribution is 6.42. The summed E-state index contributed by atoms with van der Waals surface area (Å²) in [5.74, 6) is -0.404. The van der Waals surface area contributed by atoms with E-state index >= 15 is 0 Å². The largest absolute Gasteiger partial charge is 0.337 e. The van der Waals surface area contributed by atoms with Gasteiger partial charge in [0.2, 0.25) is 0 Å². The summed E-state index contributed by atoms with van der Waals surface area (Å²) in [6.45, 7) is 2.14. The molecule has 2 atom stereocenters. The summed E-state index contributed by atoms with van der Waals surface area (Å²) in [5, 5.41) is 3.91. The molecule has 3 aromatic rings. The van der Waals surface area contributed by atoms with Gasteiger partial charge in [-0.25, -0.2) is 4.39 Å². The number of piperidine rings is 1. The van der Waals surface area contributed by atoms with Gasteiger partial charge in [-0.3, -0.25) is 14.0 Å². The highest BCUT2D eigenvalue weighted by Crippen LogP contribution is 2.28. The Bertz CT molecular complexity index is 1210. The molecular formula is C21H19Cl2FN4O2. The molecule has 6 nitrogen and oxygen atoms in total. The Kier molecular flexibility index (Phi) is 4.84. The molecule has 9 heteroatoms. The van der Waals surface area contributed by atoms with Gasteiger partial charge < -0.3 is 15.2 Å². The first-order valence-corrected chi connectivity index (χ1v) is 10.5. The van der Waals surface area contributed by atoms with Crippen molar-refractivity contribution >= 4 is 34.6 Å². The number of nitrogens with one attached hydrogen (secondary N) is 2. The second-order valence-electron chi connectivity index (χ2n) is 8.02. The van der Waals surface area contributed by atoms with Crippen LogP contribution in [0.2, 0.25) is 10.2 Å². The van der Waals surface area contributed by atoms with Gasteiger partial charge in [0.05, 0.1) is 10.6 Å². The second kappa shape index (κ2) is 7.41. The van der Waals surface area contributed by atoms with Crippen LogP contribution in [-0.4, -0.2) is 45.9 Å². The summed E-state index contributed by atoms with van der Waals surface area (Å²) in [7, 11) is 0. The summed E-state index contributed by atoms with van der Waals surface area (Å²) >= 11 is 12.4. The average molecular weight is 449 g/mol. The van der Waals surface area contributed by atoms with Crippen LogP contribution in [0.1, 0.15) is 28.0 Å². The van der Waals surface area contributed by atoms with Crippen molar-refractivity contribution in [2.24, 2.45) is 5.92 Å². The van der Waals surface area contributed by atoms with Crippen molar-refractivity contribution in [2.45, 2.75) is 18.9 Å². The predicted octanol–water partition coefficient (Wildman–Crippen LogP) is 3.10. The first kappa shape index (κ1) is 19.6. The summed E-state index contributed by atoms with van der Waals surface area (Å²) < 4.78 is 16.1. The number of likely N-dealkylation sites (tertiary alicyclic amines) is 1. The number of carbonyl (C=O) groups is 1. The van der Waals surface area contributed by atoms with Crippen molar-refractivity contribution in [3.8, 4) is 0 Å². The van der Waals surface area contributed by atoms with Gasteiger partial charge in [0.1, 0.15) is 16.5 Å². The van der Waals surface area contributed by atoms with Gasteiger partial charge >= 0.3 is 0 Å². The molecule has 2 unspecified atom stereocenters. The van der Waals surface area contributed by atoms with Crippen LogP contribution in [0.15, 0.2) is 35.3 Å². The molecule has 156 valence electrons. The Balaban J connectivity index is 1.47. The number of aromatic nitrogens is 2. The minimum absolute atomic E-state index is 0.0612. The first-order valence-electron chi connectivity index (χ1n) is 9.79. The van der Waals surface area contributed by atoms with E-state index in [4.69, 9.17) is 23.2 Å². The molecular weight excluding hydrogens is 430 g/mol. The highest BCUT2D eigenvalue weighted by Gasteiger charge is 2.35. The molecule has 2 bridgehead atoms. The summed E-state index contributed by atoms with van der Waals surface area (Å²) in [6, 6.07) is 6.31. The number of halogens is 3. The smallest absolute Gasteiger partial charge is 0.272 e. The predicted molar refractivity (Wildman–Crippen MR) is 113 cm³/mol.